The number of aromatic amines is 2. The van der Waals surface area contributed by atoms with Gasteiger partial charge in [0.25, 0.3) is 0 Å². The molecule has 6 unspecified atom stereocenters. The third-order valence-electron chi connectivity index (χ3n) is 15.0. The highest BCUT2D eigenvalue weighted by atomic mass is 16.5. The molecule has 3 aliphatic carbocycles. The van der Waals surface area contributed by atoms with Gasteiger partial charge in [0.1, 0.15) is 23.7 Å². The summed E-state index contributed by atoms with van der Waals surface area (Å²) in [6.45, 7) is 13.2. The van der Waals surface area contributed by atoms with Crippen LogP contribution in [0.1, 0.15) is 127 Å². The van der Waals surface area contributed by atoms with Crippen molar-refractivity contribution in [2.75, 3.05) is 27.3 Å². The number of benzene rings is 3. The molecule has 3 aromatic carbocycles. The summed E-state index contributed by atoms with van der Waals surface area (Å²) in [7, 11) is 2.61. The number of nitrogens with zero attached hydrogens (tertiary/aromatic N) is 4. The van der Waals surface area contributed by atoms with Crippen LogP contribution in [0.2, 0.25) is 0 Å². The number of aromatic nitrogens is 4. The van der Waals surface area contributed by atoms with Crippen LogP contribution in [0.15, 0.2) is 73.1 Å². The van der Waals surface area contributed by atoms with Crippen molar-refractivity contribution in [3.8, 4) is 44.8 Å². The minimum absolute atomic E-state index is 0.111. The van der Waals surface area contributed by atoms with Crippen molar-refractivity contribution in [3.05, 3.63) is 95.8 Å². The van der Waals surface area contributed by atoms with Crippen LogP contribution >= 0.6 is 0 Å². The first-order valence-electron chi connectivity index (χ1n) is 24.5. The van der Waals surface area contributed by atoms with Gasteiger partial charge in [-0.3, -0.25) is 9.59 Å². The Labute approximate surface area is 399 Å². The lowest BCUT2D eigenvalue weighted by atomic mass is 9.63. The number of likely N-dealkylation sites (tertiary alicyclic amines) is 2. The molecule has 14 heteroatoms. The molecule has 0 radical (unpaired) electrons. The molecule has 5 aromatic rings. The molecular weight excluding hydrogens is 857 g/mol. The molecule has 4 amide bonds. The van der Waals surface area contributed by atoms with Gasteiger partial charge in [0.15, 0.2) is 0 Å². The number of amides is 4. The third kappa shape index (κ3) is 9.01. The van der Waals surface area contributed by atoms with E-state index in [1.165, 1.54) is 73.3 Å². The smallest absolute Gasteiger partial charge is 0.407 e. The van der Waals surface area contributed by atoms with Crippen molar-refractivity contribution >= 4 is 24.0 Å². The summed E-state index contributed by atoms with van der Waals surface area (Å²) >= 11 is 0. The Kier molecular flexibility index (Phi) is 13.2. The molecule has 14 nitrogen and oxygen atoms in total. The number of imidazole rings is 2. The predicted octanol–water partition coefficient (Wildman–Crippen LogP) is 10.1. The van der Waals surface area contributed by atoms with Gasteiger partial charge in [-0.1, -0.05) is 102 Å². The maximum Gasteiger partial charge on any atom is 0.407 e. The zero-order chi connectivity index (χ0) is 48.0. The van der Waals surface area contributed by atoms with Crippen LogP contribution in [-0.2, 0) is 19.1 Å². The highest BCUT2D eigenvalue weighted by Crippen LogP contribution is 2.55. The van der Waals surface area contributed by atoms with Gasteiger partial charge in [0, 0.05) is 13.1 Å². The van der Waals surface area contributed by atoms with Gasteiger partial charge < -0.3 is 39.9 Å². The SMILES string of the molecule is COC(=O)NC(C(=O)N1CC(C)CC1c1ncc(-c2ccc(-c3ccc(-c4ccc(-c5cnc(C6CC(C)CN6C(=O)C(NC(=O)OC)C(C)C)[nH]5)cc4)c4c3C3CCC4CC3)cc2)[nH]1)C(C)C. The topological polar surface area (TPSA) is 175 Å². The van der Waals surface area contributed by atoms with Gasteiger partial charge in [-0.25, -0.2) is 19.6 Å². The maximum atomic E-state index is 13.9. The van der Waals surface area contributed by atoms with Crippen LogP contribution in [-0.4, -0.2) is 93.1 Å². The molecule has 358 valence electrons. The van der Waals surface area contributed by atoms with Crippen LogP contribution < -0.4 is 10.6 Å². The van der Waals surface area contributed by atoms with Crippen molar-refractivity contribution in [1.82, 2.24) is 40.4 Å². The molecule has 6 atom stereocenters. The van der Waals surface area contributed by atoms with Crippen molar-refractivity contribution < 1.29 is 28.7 Å². The number of ether oxygens (including phenoxy) is 2. The second-order valence-electron chi connectivity index (χ2n) is 20.5. The molecule has 2 saturated heterocycles. The summed E-state index contributed by atoms with van der Waals surface area (Å²) < 4.78 is 9.65. The molecule has 4 heterocycles. The van der Waals surface area contributed by atoms with Crippen molar-refractivity contribution in [2.24, 2.45) is 23.7 Å². The minimum Gasteiger partial charge on any atom is -0.453 e. The zero-order valence-electron chi connectivity index (χ0n) is 40.6. The quantitative estimate of drug-likeness (QED) is 0.0957. The lowest BCUT2D eigenvalue weighted by molar-refractivity contribution is -0.136. The number of nitrogens with one attached hydrogen (secondary N) is 4. The van der Waals surface area contributed by atoms with Crippen molar-refractivity contribution in [3.63, 3.8) is 0 Å². The molecule has 1 saturated carbocycles. The number of hydrogen-bond donors (Lipinski definition) is 4. The molecule has 68 heavy (non-hydrogen) atoms. The van der Waals surface area contributed by atoms with Crippen LogP contribution in [0.3, 0.4) is 0 Å². The van der Waals surface area contributed by atoms with E-state index in [0.29, 0.717) is 24.9 Å². The van der Waals surface area contributed by atoms with E-state index in [9.17, 15) is 19.2 Å². The van der Waals surface area contributed by atoms with Gasteiger partial charge in [0.2, 0.25) is 11.8 Å². The van der Waals surface area contributed by atoms with E-state index in [-0.39, 0.29) is 47.6 Å². The molecule has 3 fully saturated rings. The Balaban J connectivity index is 0.932. The summed E-state index contributed by atoms with van der Waals surface area (Å²) in [6, 6.07) is 20.4. The second-order valence-corrected chi connectivity index (χ2v) is 20.5. The van der Waals surface area contributed by atoms with Crippen LogP contribution in [0.25, 0.3) is 44.8 Å². The van der Waals surface area contributed by atoms with Gasteiger partial charge in [0.05, 0.1) is 50.1 Å². The largest absolute Gasteiger partial charge is 0.453 e. The Bertz CT molecular complexity index is 2460. The molecule has 2 bridgehead atoms. The maximum absolute atomic E-state index is 13.9. The van der Waals surface area contributed by atoms with Crippen LogP contribution in [0.5, 0.6) is 0 Å². The number of methoxy groups -OCH3 is 2. The molecule has 10 rings (SSSR count). The monoisotopic (exact) mass is 923 g/mol. The van der Waals surface area contributed by atoms with E-state index in [2.05, 4.69) is 95.1 Å². The first-order valence-corrected chi connectivity index (χ1v) is 24.5. The van der Waals surface area contributed by atoms with E-state index < -0.39 is 24.3 Å². The third-order valence-corrected chi connectivity index (χ3v) is 15.0. The summed E-state index contributed by atoms with van der Waals surface area (Å²) in [5.41, 5.74) is 11.8. The second kappa shape index (κ2) is 19.3. The van der Waals surface area contributed by atoms with E-state index >= 15 is 0 Å². The van der Waals surface area contributed by atoms with E-state index in [0.717, 1.165) is 47.0 Å². The first kappa shape index (κ1) is 46.7. The Hall–Kier alpha value is -6.44. The predicted molar refractivity (Wildman–Crippen MR) is 261 cm³/mol. The Morgan fingerprint density at radius 2 is 0.926 bits per heavy atom. The fraction of sp³-hybridized carbons (Fsp3) is 0.481. The Morgan fingerprint density at radius 1 is 0.574 bits per heavy atom. The molecule has 5 aliphatic rings. The molecular formula is C54H66N8O6. The fourth-order valence-corrected chi connectivity index (χ4v) is 11.5. The highest BCUT2D eigenvalue weighted by molar-refractivity contribution is 5.87. The van der Waals surface area contributed by atoms with E-state index in [4.69, 9.17) is 19.4 Å². The zero-order valence-corrected chi connectivity index (χ0v) is 40.6. The number of H-pyrrole nitrogens is 2. The number of rotatable bonds is 12. The number of alkyl carbamates (subject to hydrolysis) is 2. The summed E-state index contributed by atoms with van der Waals surface area (Å²) in [6.07, 6.45) is 8.89. The van der Waals surface area contributed by atoms with Crippen LogP contribution in [0.4, 0.5) is 9.59 Å². The standard InChI is InChI=1S/C54H66N8O6/c1-29(2)47(59-53(65)67-7)51(63)61-27-31(5)23-43(61)49-55-25-41(57-49)35-13-9-33(10-14-35)39-21-22-40(46-38-19-17-37(18-20-38)45(39)46)34-11-15-36(16-12-34)42-26-56-50(58-42)44-24-32(6)28-62(44)52(64)48(30(3)4)60-54(66)68-8/h9-16,21-22,25-26,29-32,37-38,43-44,47-48H,17-20,23-24,27-28H2,1-8H3,(H,55,57)(H,56,58)(H,59,65)(H,60,66). The lowest BCUT2D eigenvalue weighted by Crippen LogP contribution is -2.51. The summed E-state index contributed by atoms with van der Waals surface area (Å²) in [5.74, 6) is 2.64. The molecule has 4 N–H and O–H groups in total. The van der Waals surface area contributed by atoms with Gasteiger partial charge in [-0.2, -0.15) is 0 Å². The lowest BCUT2D eigenvalue weighted by Gasteiger charge is -2.41. The molecule has 0 spiro atoms. The number of hydrogen-bond acceptors (Lipinski definition) is 8. The fourth-order valence-electron chi connectivity index (χ4n) is 11.5. The average Bonchev–Trinajstić information content (AvgIpc) is 4.19. The Morgan fingerprint density at radius 3 is 1.26 bits per heavy atom. The number of fused-ring (bicyclic) bond motifs is 2. The number of carbonyl (C=O) groups is 4. The minimum atomic E-state index is -0.696. The van der Waals surface area contributed by atoms with Gasteiger partial charge in [-0.15, -0.1) is 0 Å². The summed E-state index contributed by atoms with van der Waals surface area (Å²) in [4.78, 5) is 72.4. The van der Waals surface area contributed by atoms with E-state index in [1.807, 2.05) is 49.9 Å². The van der Waals surface area contributed by atoms with Gasteiger partial charge >= 0.3 is 12.2 Å². The van der Waals surface area contributed by atoms with E-state index in [1.54, 1.807) is 0 Å². The summed E-state index contributed by atoms with van der Waals surface area (Å²) in [5, 5.41) is 5.49. The molecule has 2 aromatic heterocycles. The normalized spacial score (nSPS) is 22.9. The average molecular weight is 923 g/mol. The number of carbonyl (C=O) groups excluding carboxylic acids is 4. The molecule has 2 aliphatic heterocycles. The van der Waals surface area contributed by atoms with Gasteiger partial charge in [-0.05, 0) is 119 Å². The first-order chi connectivity index (χ1) is 32.7. The van der Waals surface area contributed by atoms with Crippen LogP contribution in [0, 0.1) is 23.7 Å². The van der Waals surface area contributed by atoms with Crippen molar-refractivity contribution in [2.45, 2.75) is 116 Å². The van der Waals surface area contributed by atoms with Crippen molar-refractivity contribution in [1.29, 1.82) is 0 Å². The highest BCUT2D eigenvalue weighted by Gasteiger charge is 2.42.